The molecule has 100 valence electrons. The maximum atomic E-state index is 12.1. The van der Waals surface area contributed by atoms with Crippen LogP contribution in [0.25, 0.3) is 0 Å². The summed E-state index contributed by atoms with van der Waals surface area (Å²) >= 11 is 8.03. The molecule has 2 rings (SSSR count). The van der Waals surface area contributed by atoms with E-state index in [0.717, 1.165) is 17.7 Å². The zero-order valence-electron chi connectivity index (χ0n) is 11.3. The van der Waals surface area contributed by atoms with E-state index in [4.69, 9.17) is 11.6 Å². The molecule has 2 nitrogen and oxygen atoms in total. The fourth-order valence-electron chi connectivity index (χ4n) is 2.89. The van der Waals surface area contributed by atoms with Crippen LogP contribution in [-0.4, -0.2) is 15.5 Å². The van der Waals surface area contributed by atoms with Crippen LogP contribution in [0.3, 0.4) is 0 Å². The van der Waals surface area contributed by atoms with Crippen molar-refractivity contribution in [2.24, 2.45) is 5.92 Å². The summed E-state index contributed by atoms with van der Waals surface area (Å²) in [6.45, 7) is 8.92. The molecule has 0 unspecified atom stereocenters. The van der Waals surface area contributed by atoms with E-state index < -0.39 is 0 Å². The standard InChI is InChI=1S/C14H20ClNOS/c1-9-7-18-13(2,3)8-14(9,4)11-5-10(15)6-16-12(11)17/h5-6,9H,7-8H2,1-4H3,(H,16,17)/t9-,14-/m0/s1. The van der Waals surface area contributed by atoms with Gasteiger partial charge in [0.25, 0.3) is 5.56 Å². The molecule has 4 heteroatoms. The molecule has 1 aliphatic rings. The lowest BCUT2D eigenvalue weighted by atomic mass is 9.68. The highest BCUT2D eigenvalue weighted by molar-refractivity contribution is 8.00. The first-order valence-corrected chi connectivity index (χ1v) is 7.64. The van der Waals surface area contributed by atoms with E-state index in [1.54, 1.807) is 6.20 Å². The molecule has 0 amide bonds. The van der Waals surface area contributed by atoms with Gasteiger partial charge in [0.05, 0.1) is 5.02 Å². The number of thioether (sulfide) groups is 1. The summed E-state index contributed by atoms with van der Waals surface area (Å²) in [7, 11) is 0. The fourth-order valence-corrected chi connectivity index (χ4v) is 4.52. The van der Waals surface area contributed by atoms with Crippen LogP contribution < -0.4 is 5.56 Å². The van der Waals surface area contributed by atoms with E-state index >= 15 is 0 Å². The largest absolute Gasteiger partial charge is 0.327 e. The van der Waals surface area contributed by atoms with E-state index in [2.05, 4.69) is 32.7 Å². The Kier molecular flexibility index (Phi) is 3.58. The Hall–Kier alpha value is -0.410. The molecule has 1 aliphatic heterocycles. The Labute approximate surface area is 118 Å². The minimum atomic E-state index is -0.104. The Morgan fingerprint density at radius 1 is 1.44 bits per heavy atom. The van der Waals surface area contributed by atoms with Crippen molar-refractivity contribution in [3.63, 3.8) is 0 Å². The zero-order valence-corrected chi connectivity index (χ0v) is 12.9. The van der Waals surface area contributed by atoms with Crippen molar-refractivity contribution >= 4 is 23.4 Å². The normalized spacial score (nSPS) is 31.3. The van der Waals surface area contributed by atoms with Crippen molar-refractivity contribution in [3.8, 4) is 0 Å². The molecule has 0 bridgehead atoms. The van der Waals surface area contributed by atoms with Crippen LogP contribution in [0.2, 0.25) is 5.02 Å². The molecule has 18 heavy (non-hydrogen) atoms. The second-order valence-corrected chi connectivity index (χ2v) is 8.29. The molecule has 1 saturated heterocycles. The summed E-state index contributed by atoms with van der Waals surface area (Å²) in [6, 6.07) is 1.84. The molecule has 1 N–H and O–H groups in total. The highest BCUT2D eigenvalue weighted by Gasteiger charge is 2.44. The molecule has 0 saturated carbocycles. The molecule has 0 aromatic carbocycles. The number of aromatic amines is 1. The topological polar surface area (TPSA) is 32.9 Å². The molecule has 0 spiro atoms. The summed E-state index contributed by atoms with van der Waals surface area (Å²) in [4.78, 5) is 14.9. The van der Waals surface area contributed by atoms with Crippen molar-refractivity contribution in [2.75, 3.05) is 5.75 Å². The number of pyridine rings is 1. The van der Waals surface area contributed by atoms with Gasteiger partial charge in [-0.25, -0.2) is 0 Å². The molecule has 2 heterocycles. The second kappa shape index (κ2) is 4.61. The van der Waals surface area contributed by atoms with Gasteiger partial charge in [0, 0.05) is 21.9 Å². The third-order valence-corrected chi connectivity index (χ3v) is 5.90. The molecule has 1 aromatic heterocycles. The van der Waals surface area contributed by atoms with Gasteiger partial charge < -0.3 is 4.98 Å². The van der Waals surface area contributed by atoms with Gasteiger partial charge in [-0.3, -0.25) is 4.79 Å². The van der Waals surface area contributed by atoms with Gasteiger partial charge in [-0.15, -0.1) is 0 Å². The summed E-state index contributed by atoms with van der Waals surface area (Å²) in [6.07, 6.45) is 2.55. The van der Waals surface area contributed by atoms with Crippen molar-refractivity contribution in [3.05, 3.63) is 33.2 Å². The average Bonchev–Trinajstić information content (AvgIpc) is 2.27. The van der Waals surface area contributed by atoms with E-state index in [-0.39, 0.29) is 15.7 Å². The number of H-pyrrole nitrogens is 1. The monoisotopic (exact) mass is 285 g/mol. The minimum Gasteiger partial charge on any atom is -0.327 e. The lowest BCUT2D eigenvalue weighted by molar-refractivity contribution is 0.276. The Bertz CT molecular complexity index is 511. The molecule has 0 aliphatic carbocycles. The van der Waals surface area contributed by atoms with Gasteiger partial charge in [-0.1, -0.05) is 39.3 Å². The van der Waals surface area contributed by atoms with Gasteiger partial charge in [0.15, 0.2) is 0 Å². The second-order valence-electron chi connectivity index (χ2n) is 6.13. The average molecular weight is 286 g/mol. The van der Waals surface area contributed by atoms with E-state index in [1.165, 1.54) is 0 Å². The van der Waals surface area contributed by atoms with Crippen LogP contribution in [0, 0.1) is 5.92 Å². The van der Waals surface area contributed by atoms with Gasteiger partial charge in [-0.05, 0) is 24.2 Å². The molecule has 0 radical (unpaired) electrons. The van der Waals surface area contributed by atoms with Gasteiger partial charge in [0.1, 0.15) is 0 Å². The first-order chi connectivity index (χ1) is 8.24. The van der Waals surface area contributed by atoms with E-state index in [1.807, 2.05) is 17.8 Å². The number of halogens is 1. The predicted octanol–water partition coefficient (Wildman–Crippen LogP) is 3.84. The molecule has 1 aromatic rings. The first-order valence-electron chi connectivity index (χ1n) is 6.27. The summed E-state index contributed by atoms with van der Waals surface area (Å²) in [5, 5.41) is 0.606. The summed E-state index contributed by atoms with van der Waals surface area (Å²) in [5.74, 6) is 1.55. The van der Waals surface area contributed by atoms with Crippen molar-refractivity contribution in [1.29, 1.82) is 0 Å². The van der Waals surface area contributed by atoms with Crippen LogP contribution in [0.4, 0.5) is 0 Å². The minimum absolute atomic E-state index is 0.00329. The Morgan fingerprint density at radius 2 is 2.11 bits per heavy atom. The number of hydrogen-bond acceptors (Lipinski definition) is 2. The van der Waals surface area contributed by atoms with E-state index in [9.17, 15) is 4.79 Å². The lowest BCUT2D eigenvalue weighted by Crippen LogP contribution is -2.45. The number of hydrogen-bond donors (Lipinski definition) is 1. The lowest BCUT2D eigenvalue weighted by Gasteiger charge is -2.46. The van der Waals surface area contributed by atoms with Gasteiger partial charge in [-0.2, -0.15) is 11.8 Å². The van der Waals surface area contributed by atoms with Crippen molar-refractivity contribution in [1.82, 2.24) is 4.98 Å². The Balaban J connectivity index is 2.51. The third-order valence-electron chi connectivity index (χ3n) is 4.09. The molecular weight excluding hydrogens is 266 g/mol. The van der Waals surface area contributed by atoms with Crippen LogP contribution >= 0.6 is 23.4 Å². The predicted molar refractivity (Wildman–Crippen MR) is 79.7 cm³/mol. The maximum absolute atomic E-state index is 12.1. The summed E-state index contributed by atoms with van der Waals surface area (Å²) in [5.41, 5.74) is 0.722. The smallest absolute Gasteiger partial charge is 0.251 e. The number of aromatic nitrogens is 1. The molecule has 1 fully saturated rings. The number of rotatable bonds is 1. The molecule has 2 atom stereocenters. The molecular formula is C14H20ClNOS. The summed E-state index contributed by atoms with van der Waals surface area (Å²) < 4.78 is 0.204. The fraction of sp³-hybridized carbons (Fsp3) is 0.643. The van der Waals surface area contributed by atoms with Crippen LogP contribution in [0.15, 0.2) is 17.1 Å². The van der Waals surface area contributed by atoms with Crippen LogP contribution in [0.1, 0.15) is 39.7 Å². The highest BCUT2D eigenvalue weighted by atomic mass is 35.5. The van der Waals surface area contributed by atoms with Crippen molar-refractivity contribution in [2.45, 2.75) is 44.3 Å². The van der Waals surface area contributed by atoms with Crippen LogP contribution in [-0.2, 0) is 5.41 Å². The van der Waals surface area contributed by atoms with E-state index in [0.29, 0.717) is 10.9 Å². The van der Waals surface area contributed by atoms with Gasteiger partial charge >= 0.3 is 0 Å². The highest BCUT2D eigenvalue weighted by Crippen LogP contribution is 2.49. The zero-order chi connectivity index (χ0) is 13.6. The Morgan fingerprint density at radius 3 is 2.78 bits per heavy atom. The quantitative estimate of drug-likeness (QED) is 0.850. The third kappa shape index (κ3) is 2.48. The van der Waals surface area contributed by atoms with Crippen molar-refractivity contribution < 1.29 is 0 Å². The maximum Gasteiger partial charge on any atom is 0.251 e. The van der Waals surface area contributed by atoms with Gasteiger partial charge in [0.2, 0.25) is 0 Å². The SMILES string of the molecule is C[C@H]1CSC(C)(C)C[C@]1(C)c1cc(Cl)c[nH]c1=O. The first kappa shape index (κ1) is 14.0. The number of nitrogens with one attached hydrogen (secondary N) is 1. The van der Waals surface area contributed by atoms with Crippen LogP contribution in [0.5, 0.6) is 0 Å².